The molecule has 5 aliphatic heterocycles. The molecule has 145 heavy (non-hydrogen) atoms. The van der Waals surface area contributed by atoms with Crippen LogP contribution in [0, 0.1) is 110 Å². The maximum absolute atomic E-state index is 2.77. The molecule has 20 heteroatoms. The number of fused-ring (bicyclic) bond motifs is 15. The number of para-hydroxylation sites is 2. The van der Waals surface area contributed by atoms with E-state index in [-0.39, 0.29) is 34.9 Å². The van der Waals surface area contributed by atoms with Crippen molar-refractivity contribution in [1.82, 2.24) is 22.8 Å². The Morgan fingerprint density at radius 3 is 0.972 bits per heavy atom. The van der Waals surface area contributed by atoms with Crippen molar-refractivity contribution in [2.24, 2.45) is 41.2 Å². The zero-order valence-corrected chi connectivity index (χ0v) is 92.5. The van der Waals surface area contributed by atoms with Gasteiger partial charge in [0.15, 0.2) is 0 Å². The van der Waals surface area contributed by atoms with Crippen molar-refractivity contribution < 1.29 is 22.4 Å². The first-order valence-corrected chi connectivity index (χ1v) is 53.8. The maximum Gasteiger partial charge on any atom is 0.542 e. The van der Waals surface area contributed by atoms with E-state index in [1.165, 1.54) is 245 Å². The second-order valence-electron chi connectivity index (χ2n) is 44.1. The third-order valence-corrected chi connectivity index (χ3v) is 32.5. The third kappa shape index (κ3) is 18.1. The molecule has 1 aliphatic carbocycles. The van der Waals surface area contributed by atoms with Gasteiger partial charge in [-0.2, -0.15) is 0 Å². The molecule has 0 bridgehead atoms. The molecule has 5 aromatic heterocycles. The summed E-state index contributed by atoms with van der Waals surface area (Å²) in [5.74, 6) is 8.40. The van der Waals surface area contributed by atoms with E-state index < -0.39 is 0 Å². The van der Waals surface area contributed by atoms with Gasteiger partial charge in [-0.1, -0.05) is 258 Å². The molecule has 10 heterocycles. The lowest BCUT2D eigenvalue weighted by molar-refractivity contribution is -0.527. The van der Waals surface area contributed by atoms with Crippen molar-refractivity contribution in [3.8, 4) is 56.9 Å². The lowest BCUT2D eigenvalue weighted by Crippen LogP contribution is -2.73. The van der Waals surface area contributed by atoms with Crippen LogP contribution in [0.3, 0.4) is 0 Å². The highest BCUT2D eigenvalue weighted by Crippen LogP contribution is 2.50. The van der Waals surface area contributed by atoms with Gasteiger partial charge >= 0.3 is 34.9 Å². The number of hydrogen-bond donors (Lipinski definition) is 0. The summed E-state index contributed by atoms with van der Waals surface area (Å²) in [4.78, 5) is 13.3. The van der Waals surface area contributed by atoms with Crippen LogP contribution >= 0.6 is 0 Å². The van der Waals surface area contributed by atoms with E-state index in [1.54, 1.807) is 0 Å². The molecule has 0 amide bonds. The monoisotopic (exact) mass is 1920 g/mol. The summed E-state index contributed by atoms with van der Waals surface area (Å²) in [7, 11) is 10.8. The summed E-state index contributed by atoms with van der Waals surface area (Å²) >= 11 is 0. The van der Waals surface area contributed by atoms with E-state index in [1.807, 2.05) is 0 Å². The average molecular weight is 1920 g/mol. The molecule has 0 N–H and O–H groups in total. The summed E-state index contributed by atoms with van der Waals surface area (Å²) in [5, 5.41) is 0. The highest BCUT2D eigenvalue weighted by Gasteiger charge is 2.55. The first kappa shape index (κ1) is 102. The average Bonchev–Trinajstić information content (AvgIpc) is 1.37. The minimum Gasteiger partial charge on any atom is -0.369 e. The minimum atomic E-state index is 0.0477. The summed E-state index contributed by atoms with van der Waals surface area (Å²) in [6.07, 6.45) is 31.2. The fraction of sp³-hybridized carbons (Fsp3) is 0.352. The van der Waals surface area contributed by atoms with E-state index in [0.717, 1.165) is 19.4 Å². The minimum absolute atomic E-state index is 0.0477. The summed E-state index contributed by atoms with van der Waals surface area (Å²) in [5.41, 5.74) is 44.8. The lowest BCUT2D eigenvalue weighted by atomic mass is 9.58. The molecule has 0 unspecified atom stereocenters. The zero-order valence-electron chi connectivity index (χ0n) is 92.5. The molecule has 22 rings (SSSR count). The van der Waals surface area contributed by atoms with E-state index in [2.05, 4.69) is 540 Å². The van der Waals surface area contributed by atoms with Crippen molar-refractivity contribution in [3.05, 3.63) is 357 Å². The smallest absolute Gasteiger partial charge is 0.369 e. The van der Waals surface area contributed by atoms with E-state index >= 15 is 0 Å². The first-order chi connectivity index (χ1) is 69.6. The lowest BCUT2D eigenvalue weighted by Gasteiger charge is -2.42. The van der Waals surface area contributed by atoms with Gasteiger partial charge in [0.25, 0.3) is 29.1 Å². The third-order valence-electron chi connectivity index (χ3n) is 32.5. The fourth-order valence-electron chi connectivity index (χ4n) is 25.7. The molecule has 11 aromatic carbocycles. The Morgan fingerprint density at radius 1 is 0.290 bits per heavy atom. The van der Waals surface area contributed by atoms with Gasteiger partial charge in [0, 0.05) is 86.1 Å². The molecule has 15 nitrogen and oxygen atoms in total. The maximum atomic E-state index is 2.77. The van der Waals surface area contributed by atoms with Gasteiger partial charge < -0.3 is 24.1 Å². The largest absolute Gasteiger partial charge is 0.542 e. The molecular formula is C125H155B5N15+5. The summed E-state index contributed by atoms with van der Waals surface area (Å²) in [6, 6.07) is 75.1. The van der Waals surface area contributed by atoms with Gasteiger partial charge in [-0.05, 0) is 272 Å². The number of rotatable bonds is 15. The van der Waals surface area contributed by atoms with Crippen LogP contribution in [-0.2, 0) is 35.2 Å². The predicted molar refractivity (Wildman–Crippen MR) is 615 cm³/mol. The second-order valence-corrected chi connectivity index (χ2v) is 44.1. The van der Waals surface area contributed by atoms with E-state index in [9.17, 15) is 0 Å². The van der Waals surface area contributed by atoms with Gasteiger partial charge in [-0.15, -0.1) is 0 Å². The van der Waals surface area contributed by atoms with Gasteiger partial charge in [-0.3, -0.25) is 22.4 Å². The Labute approximate surface area is 869 Å². The molecule has 6 aliphatic rings. The molecule has 16 aromatic rings. The van der Waals surface area contributed by atoms with Gasteiger partial charge in [0.1, 0.15) is 62.0 Å². The van der Waals surface area contributed by atoms with Crippen LogP contribution in [0.5, 0.6) is 0 Å². The van der Waals surface area contributed by atoms with Crippen LogP contribution in [0.1, 0.15) is 221 Å². The van der Waals surface area contributed by atoms with Crippen LogP contribution in [0.4, 0.5) is 39.8 Å². The Bertz CT molecular complexity index is 7380. The molecule has 0 atom stereocenters. The Hall–Kier alpha value is -13.2. The van der Waals surface area contributed by atoms with E-state index in [0.29, 0.717) is 35.7 Å². The number of aromatic nitrogens is 10. The van der Waals surface area contributed by atoms with Crippen molar-refractivity contribution in [2.45, 2.75) is 248 Å². The van der Waals surface area contributed by atoms with Crippen LogP contribution in [0.15, 0.2) is 262 Å². The number of nitrogens with zero attached hydrogens (tertiary/aromatic N) is 15. The van der Waals surface area contributed by atoms with Crippen molar-refractivity contribution >= 4 is 96.6 Å². The number of aryl methyl sites for hydroxylation is 20. The molecular weight excluding hydrogens is 1770 g/mol. The SMILES string of the molecule is CCC(CC)N1B(c2c(C)cccc2C)[n+]2ccn(C)c2-c2c(C)cccc21.Cc1cccc(C)c1B1N(C2CCCCC2)c2cccc(C)c2-c2n(C)cc[n+]21.Cc1cccc(C)c1B1N(CC(C)C)c2cccc(C)c2-c2n(C)cc[n+]21.Cc1cccc(C)c1B1N(c2c(C)cccc2C)c2cccc(C)c2-c2n(C)cc[n+]21.Cc1cccc2c1-c1n(C)cc[n+]1B(C(C)C)N2c1c(C(C)C)cccc1C(C)C. The number of hydrogen-bond acceptors (Lipinski definition) is 5. The normalized spacial score (nSPS) is 13.8. The zero-order chi connectivity index (χ0) is 103. The van der Waals surface area contributed by atoms with Crippen LogP contribution in [0.2, 0.25) is 5.82 Å². The molecule has 0 spiro atoms. The van der Waals surface area contributed by atoms with Gasteiger partial charge in [-0.25, -0.2) is 22.8 Å². The topological polar surface area (TPSA) is 60.3 Å². The standard InChI is InChI=1S/C27H29BN3.C26H35BN3.C25H31BN3.C24H31BN3.C23H29BN3/c1-18-10-9-15-23-24(18)27-29(6)16-17-30(27)28(25-19(2)11-7-12-20(25)3)31(23)26-21(4)13-8-14-22(26)5;1-17(2)21-12-10-13-22(18(3)4)25(21)30-23-14-9-11-20(7)24(23)26-28(8)15-16-29(26)27(30)19(5)6;1-18-10-9-15-22-23(18)25-27(4)16-17-28(25)26(24-19(2)11-8-12-20(24)3)29(22)21-13-6-5-7-14-21;1-7-20(8-2)28-21-14-10-11-17(3)22(21)24-26(6)15-16-27(24)25(28)23-18(4)12-9-13-19(23)5;1-16(2)15-27-20-12-8-9-17(3)21(20)23-25(6)13-14-26(23)24(27)22-18(4)10-7-11-19(22)5/h7-17H,1-6H3;9-19H,1-8H3;8-12,15-17,21H,5-7,13-14H2,1-4H3;9-16,20H,7-8H2,1-6H3;7-14,16H,15H2,1-6H3/q5*+1. The van der Waals surface area contributed by atoms with Crippen molar-refractivity contribution in [3.63, 3.8) is 0 Å². The predicted octanol–water partition coefficient (Wildman–Crippen LogP) is 23.4. The Kier molecular flexibility index (Phi) is 29.3. The number of benzene rings is 11. The molecule has 1 saturated carbocycles. The Morgan fingerprint density at radius 2 is 0.579 bits per heavy atom. The Balaban J connectivity index is 0.000000119. The van der Waals surface area contributed by atoms with Crippen molar-refractivity contribution in [2.75, 3.05) is 30.6 Å². The van der Waals surface area contributed by atoms with Crippen LogP contribution in [-0.4, -0.2) is 76.4 Å². The van der Waals surface area contributed by atoms with E-state index in [4.69, 9.17) is 0 Å². The number of imidazole rings is 5. The molecule has 740 valence electrons. The molecule has 0 saturated heterocycles. The van der Waals surface area contributed by atoms with Crippen LogP contribution in [0.25, 0.3) is 56.9 Å². The van der Waals surface area contributed by atoms with Gasteiger partial charge in [0.05, 0.1) is 63.1 Å². The van der Waals surface area contributed by atoms with Crippen molar-refractivity contribution in [1.29, 1.82) is 0 Å². The second kappa shape index (κ2) is 41.7. The fourth-order valence-corrected chi connectivity index (χ4v) is 25.7. The molecule has 1 fully saturated rings. The first-order valence-electron chi connectivity index (χ1n) is 53.8. The highest BCUT2D eigenvalue weighted by molar-refractivity contribution is 6.73. The summed E-state index contributed by atoms with van der Waals surface area (Å²) < 4.78 is 23.8. The van der Waals surface area contributed by atoms with Gasteiger partial charge in [0.2, 0.25) is 0 Å². The number of anilines is 7. The quantitative estimate of drug-likeness (QED) is 0.0958. The van der Waals surface area contributed by atoms with Crippen LogP contribution < -0.4 is 68.3 Å². The highest BCUT2D eigenvalue weighted by atomic mass is 15.3. The molecule has 0 radical (unpaired) electrons. The summed E-state index contributed by atoms with van der Waals surface area (Å²) in [6.45, 7) is 58.7.